The first-order chi connectivity index (χ1) is 8.19. The van der Waals surface area contributed by atoms with Gasteiger partial charge in [0.25, 0.3) is 0 Å². The normalized spacial score (nSPS) is 41.2. The Kier molecular flexibility index (Phi) is 2.85. The van der Waals surface area contributed by atoms with E-state index in [-0.39, 0.29) is 0 Å². The third-order valence-electron chi connectivity index (χ3n) is 5.14. The Balaban J connectivity index is 1.98. The first kappa shape index (κ1) is 11.8. The van der Waals surface area contributed by atoms with Crippen LogP contribution in [-0.4, -0.2) is 4.32 Å². The molecule has 17 heavy (non-hydrogen) atoms. The van der Waals surface area contributed by atoms with Gasteiger partial charge in [0, 0.05) is 9.74 Å². The molecule has 3 rings (SSSR count). The van der Waals surface area contributed by atoms with Gasteiger partial charge >= 0.3 is 0 Å². The molecule has 92 valence electrons. The monoisotopic (exact) mass is 292 g/mol. The van der Waals surface area contributed by atoms with Crippen molar-refractivity contribution in [1.82, 2.24) is 0 Å². The van der Waals surface area contributed by atoms with Crippen LogP contribution in [0.2, 0.25) is 0 Å². The van der Waals surface area contributed by atoms with Crippen LogP contribution in [0.4, 0.5) is 0 Å². The van der Waals surface area contributed by atoms with Crippen molar-refractivity contribution >= 4 is 15.9 Å². The van der Waals surface area contributed by atoms with Gasteiger partial charge in [-0.1, -0.05) is 71.9 Å². The summed E-state index contributed by atoms with van der Waals surface area (Å²) in [6.45, 7) is 2.41. The molecule has 2 aliphatic rings. The van der Waals surface area contributed by atoms with Crippen LogP contribution in [0.25, 0.3) is 0 Å². The molecule has 0 amide bonds. The van der Waals surface area contributed by atoms with Crippen molar-refractivity contribution in [2.75, 3.05) is 0 Å². The molecule has 1 aromatic rings. The van der Waals surface area contributed by atoms with Crippen molar-refractivity contribution in [2.45, 2.75) is 55.2 Å². The average Bonchev–Trinajstić information content (AvgIpc) is 2.74. The SMILES string of the molecule is C[C@@]1(Br)C2CCCCCC[C@]21c1ccccc1. The van der Waals surface area contributed by atoms with Crippen molar-refractivity contribution in [1.29, 1.82) is 0 Å². The molecule has 1 aromatic carbocycles. The highest BCUT2D eigenvalue weighted by molar-refractivity contribution is 9.10. The summed E-state index contributed by atoms with van der Waals surface area (Å²) in [6, 6.07) is 11.2. The average molecular weight is 293 g/mol. The van der Waals surface area contributed by atoms with Gasteiger partial charge in [-0.3, -0.25) is 0 Å². The Bertz CT molecular complexity index is 395. The topological polar surface area (TPSA) is 0 Å². The molecule has 0 heterocycles. The number of hydrogen-bond donors (Lipinski definition) is 0. The molecule has 1 heteroatoms. The number of alkyl halides is 1. The number of fused-ring (bicyclic) bond motifs is 1. The maximum Gasteiger partial charge on any atom is 0.0366 e. The summed E-state index contributed by atoms with van der Waals surface area (Å²) in [7, 11) is 0. The van der Waals surface area contributed by atoms with Crippen LogP contribution in [0.3, 0.4) is 0 Å². The first-order valence-corrected chi connectivity index (χ1v) is 7.73. The van der Waals surface area contributed by atoms with E-state index in [4.69, 9.17) is 0 Å². The Hall–Kier alpha value is -0.300. The second kappa shape index (κ2) is 4.12. The van der Waals surface area contributed by atoms with Gasteiger partial charge < -0.3 is 0 Å². The number of rotatable bonds is 1. The van der Waals surface area contributed by atoms with Gasteiger partial charge in [-0.15, -0.1) is 0 Å². The highest BCUT2D eigenvalue weighted by atomic mass is 79.9. The zero-order valence-corrected chi connectivity index (χ0v) is 12.2. The highest BCUT2D eigenvalue weighted by Crippen LogP contribution is 2.72. The molecular weight excluding hydrogens is 272 g/mol. The summed E-state index contributed by atoms with van der Waals surface area (Å²) in [5.74, 6) is 0.845. The third kappa shape index (κ3) is 1.62. The maximum atomic E-state index is 4.04. The minimum atomic E-state index is 0.339. The highest BCUT2D eigenvalue weighted by Gasteiger charge is 2.71. The summed E-state index contributed by atoms with van der Waals surface area (Å²) in [5.41, 5.74) is 1.99. The molecule has 0 aromatic heterocycles. The van der Waals surface area contributed by atoms with Crippen LogP contribution in [0, 0.1) is 5.92 Å². The van der Waals surface area contributed by atoms with Crippen molar-refractivity contribution in [3.8, 4) is 0 Å². The molecule has 0 nitrogen and oxygen atoms in total. The van der Waals surface area contributed by atoms with Crippen molar-refractivity contribution in [3.63, 3.8) is 0 Å². The predicted octanol–water partition coefficient (Wildman–Crippen LogP) is 5.06. The lowest BCUT2D eigenvalue weighted by Crippen LogP contribution is -2.17. The van der Waals surface area contributed by atoms with Crippen LogP contribution in [0.15, 0.2) is 30.3 Å². The lowest BCUT2D eigenvalue weighted by atomic mass is 9.84. The van der Waals surface area contributed by atoms with Gasteiger partial charge in [0.1, 0.15) is 0 Å². The van der Waals surface area contributed by atoms with E-state index in [1.165, 1.54) is 38.5 Å². The third-order valence-corrected chi connectivity index (χ3v) is 6.40. The molecule has 0 N–H and O–H groups in total. The standard InChI is InChI=1S/C16H21Br/c1-15(17)14-11-7-2-3-8-12-16(14,15)13-9-5-4-6-10-13/h4-6,9-10,14H,2-3,7-8,11-12H2,1H3/t14?,15-,16+/m1/s1. The summed E-state index contributed by atoms with van der Waals surface area (Å²) in [4.78, 5) is 0. The molecule has 0 saturated heterocycles. The second-order valence-corrected chi connectivity index (χ2v) is 7.57. The maximum absolute atomic E-state index is 4.04. The van der Waals surface area contributed by atoms with Crippen LogP contribution in [0.1, 0.15) is 51.0 Å². The van der Waals surface area contributed by atoms with Crippen molar-refractivity contribution < 1.29 is 0 Å². The molecule has 0 spiro atoms. The largest absolute Gasteiger partial charge is 0.0843 e. The molecule has 2 saturated carbocycles. The van der Waals surface area contributed by atoms with E-state index in [9.17, 15) is 0 Å². The zero-order chi connectivity index (χ0) is 11.9. The molecule has 0 aliphatic heterocycles. The van der Waals surface area contributed by atoms with Crippen molar-refractivity contribution in [2.24, 2.45) is 5.92 Å². The fourth-order valence-electron chi connectivity index (χ4n) is 4.15. The molecule has 0 radical (unpaired) electrons. The smallest absolute Gasteiger partial charge is 0.0366 e. The molecule has 3 atom stereocenters. The van der Waals surface area contributed by atoms with Gasteiger partial charge in [0.15, 0.2) is 0 Å². The van der Waals surface area contributed by atoms with E-state index in [2.05, 4.69) is 53.2 Å². The fraction of sp³-hybridized carbons (Fsp3) is 0.625. The number of halogens is 1. The molecule has 0 bridgehead atoms. The minimum Gasteiger partial charge on any atom is -0.0843 e. The van der Waals surface area contributed by atoms with Gasteiger partial charge in [-0.25, -0.2) is 0 Å². The van der Waals surface area contributed by atoms with E-state index in [0.29, 0.717) is 9.74 Å². The van der Waals surface area contributed by atoms with E-state index in [0.717, 1.165) is 5.92 Å². The fourth-order valence-corrected chi connectivity index (χ4v) is 5.36. The molecule has 2 aliphatic carbocycles. The summed E-state index contributed by atoms with van der Waals surface area (Å²) >= 11 is 4.04. The van der Waals surface area contributed by atoms with Crippen LogP contribution in [0.5, 0.6) is 0 Å². The Labute approximate surface area is 113 Å². The quantitative estimate of drug-likeness (QED) is 0.635. The van der Waals surface area contributed by atoms with Gasteiger partial charge in [-0.05, 0) is 31.2 Å². The lowest BCUT2D eigenvalue weighted by molar-refractivity contribution is 0.441. The van der Waals surface area contributed by atoms with Crippen LogP contribution < -0.4 is 0 Å². The van der Waals surface area contributed by atoms with Crippen molar-refractivity contribution in [3.05, 3.63) is 35.9 Å². The van der Waals surface area contributed by atoms with Gasteiger partial charge in [0.2, 0.25) is 0 Å². The van der Waals surface area contributed by atoms with E-state index >= 15 is 0 Å². The first-order valence-electron chi connectivity index (χ1n) is 6.94. The Morgan fingerprint density at radius 1 is 1.06 bits per heavy atom. The molecule has 1 unspecified atom stereocenters. The Morgan fingerprint density at radius 3 is 2.53 bits per heavy atom. The number of hydrogen-bond acceptors (Lipinski definition) is 0. The van der Waals surface area contributed by atoms with E-state index in [1.54, 1.807) is 5.56 Å². The predicted molar refractivity (Wildman–Crippen MR) is 76.6 cm³/mol. The molecular formula is C16H21Br. The Morgan fingerprint density at radius 2 is 1.76 bits per heavy atom. The number of benzene rings is 1. The summed E-state index contributed by atoms with van der Waals surface area (Å²) in [5, 5.41) is 0. The lowest BCUT2D eigenvalue weighted by Gasteiger charge is -2.22. The zero-order valence-electron chi connectivity index (χ0n) is 10.6. The van der Waals surface area contributed by atoms with Crippen LogP contribution >= 0.6 is 15.9 Å². The summed E-state index contributed by atoms with van der Waals surface area (Å²) < 4.78 is 0.339. The van der Waals surface area contributed by atoms with E-state index in [1.807, 2.05) is 0 Å². The van der Waals surface area contributed by atoms with Crippen LogP contribution in [-0.2, 0) is 5.41 Å². The second-order valence-electron chi connectivity index (χ2n) is 5.92. The van der Waals surface area contributed by atoms with Gasteiger partial charge in [0.05, 0.1) is 0 Å². The molecule has 2 fully saturated rings. The van der Waals surface area contributed by atoms with Gasteiger partial charge in [-0.2, -0.15) is 0 Å². The summed E-state index contributed by atoms with van der Waals surface area (Å²) in [6.07, 6.45) is 8.43. The minimum absolute atomic E-state index is 0.339. The van der Waals surface area contributed by atoms with E-state index < -0.39 is 0 Å².